The first-order chi connectivity index (χ1) is 16.7. The fourth-order valence-corrected chi connectivity index (χ4v) is 4.59. The van der Waals surface area contributed by atoms with E-state index < -0.39 is 0 Å². The van der Waals surface area contributed by atoms with E-state index in [1.807, 2.05) is 60.7 Å². The highest BCUT2D eigenvalue weighted by molar-refractivity contribution is 6.06. The first-order valence-electron chi connectivity index (χ1n) is 10.7. The Labute approximate surface area is 189 Å². The van der Waals surface area contributed by atoms with Crippen molar-refractivity contribution >= 4 is 55.9 Å². The molecule has 6 aromatic rings. The third-order valence-electron chi connectivity index (χ3n) is 6.22. The maximum Gasteiger partial charge on any atom is 0.232 e. The maximum absolute atomic E-state index is 13.5. The van der Waals surface area contributed by atoms with Gasteiger partial charge in [-0.05, 0) is 33.7 Å². The number of rotatable bonds is 0. The van der Waals surface area contributed by atoms with Gasteiger partial charge in [-0.15, -0.1) is 0 Å². The summed E-state index contributed by atoms with van der Waals surface area (Å²) >= 11 is 0. The fraction of sp³-hybridized carbons (Fsp3) is 0. The Bertz CT molecular complexity index is 2060. The SMILES string of the molecule is O=c1c2/c(oc3ccc4ccccc4c13)=N\C=c1\c(=O)c3c(ccc4ccccc43)o\c1=N\C=2. The highest BCUT2D eigenvalue weighted by atomic mass is 16.3. The van der Waals surface area contributed by atoms with Gasteiger partial charge < -0.3 is 8.83 Å². The lowest BCUT2D eigenvalue weighted by Crippen LogP contribution is -2.43. The van der Waals surface area contributed by atoms with Crippen LogP contribution in [0.1, 0.15) is 0 Å². The Morgan fingerprint density at radius 3 is 1.44 bits per heavy atom. The second kappa shape index (κ2) is 6.83. The van der Waals surface area contributed by atoms with Crippen molar-refractivity contribution in [1.29, 1.82) is 0 Å². The zero-order chi connectivity index (χ0) is 22.8. The van der Waals surface area contributed by atoms with Crippen molar-refractivity contribution < 1.29 is 8.83 Å². The monoisotopic (exact) mass is 442 g/mol. The molecule has 0 radical (unpaired) electrons. The lowest BCUT2D eigenvalue weighted by molar-refractivity contribution is 0.530. The Balaban J connectivity index is 1.63. The molecule has 0 saturated heterocycles. The van der Waals surface area contributed by atoms with Crippen LogP contribution in [-0.2, 0) is 0 Å². The van der Waals surface area contributed by atoms with Crippen molar-refractivity contribution in [2.45, 2.75) is 0 Å². The van der Waals surface area contributed by atoms with Crippen LogP contribution in [0, 0.1) is 0 Å². The lowest BCUT2D eigenvalue weighted by atomic mass is 10.1. The summed E-state index contributed by atoms with van der Waals surface area (Å²) in [5.74, 6) is 0. The molecule has 34 heavy (non-hydrogen) atoms. The second-order valence-electron chi connectivity index (χ2n) is 8.14. The van der Waals surface area contributed by atoms with Gasteiger partial charge in [-0.1, -0.05) is 60.7 Å². The zero-order valence-corrected chi connectivity index (χ0v) is 17.6. The molecule has 0 aliphatic carbocycles. The van der Waals surface area contributed by atoms with Crippen LogP contribution in [0.15, 0.2) is 101 Å². The predicted octanol–water partition coefficient (Wildman–Crippen LogP) is 2.63. The van der Waals surface area contributed by atoms with Crippen LogP contribution in [0.2, 0.25) is 0 Å². The van der Waals surface area contributed by atoms with Gasteiger partial charge in [0.1, 0.15) is 21.6 Å². The molecular weight excluding hydrogens is 428 g/mol. The minimum Gasteiger partial charge on any atom is -0.437 e. The standard InChI is InChI=1S/C28H14N2O4/c31-25-19-13-29-28-20(26(32)24-18-8-4-2-6-16(18)10-12-22(24)34-28)14-30-27(19)33-21-11-9-15-5-1-3-7-17(15)23(21)25/h1-14H/b19-13-,20-14-,29-13?,29-28+,30-14?,30-27+. The van der Waals surface area contributed by atoms with E-state index in [0.717, 1.165) is 21.5 Å². The molecule has 0 bridgehead atoms. The molecule has 2 aromatic heterocycles. The van der Waals surface area contributed by atoms with E-state index >= 15 is 0 Å². The average Bonchev–Trinajstić information content (AvgIpc) is 2.85. The molecule has 6 heteroatoms. The third-order valence-corrected chi connectivity index (χ3v) is 6.22. The summed E-state index contributed by atoms with van der Waals surface area (Å²) in [6.45, 7) is 0. The van der Waals surface area contributed by atoms with E-state index in [-0.39, 0.29) is 32.4 Å². The van der Waals surface area contributed by atoms with Crippen molar-refractivity contribution in [1.82, 2.24) is 0 Å². The first-order valence-corrected chi connectivity index (χ1v) is 10.7. The minimum atomic E-state index is -0.244. The molecular formula is C28H14N2O4. The summed E-state index contributed by atoms with van der Waals surface area (Å²) in [7, 11) is 0. The zero-order valence-electron chi connectivity index (χ0n) is 17.6. The van der Waals surface area contributed by atoms with Gasteiger partial charge in [0.15, 0.2) is 0 Å². The Morgan fingerprint density at radius 2 is 0.971 bits per heavy atom. The van der Waals surface area contributed by atoms with E-state index in [1.165, 1.54) is 12.4 Å². The van der Waals surface area contributed by atoms with E-state index in [0.29, 0.717) is 21.9 Å². The number of benzene rings is 4. The van der Waals surface area contributed by atoms with Crippen molar-refractivity contribution in [2.24, 2.45) is 9.98 Å². The lowest BCUT2D eigenvalue weighted by Gasteiger charge is -2.04. The summed E-state index contributed by atoms with van der Waals surface area (Å²) in [4.78, 5) is 35.7. The van der Waals surface area contributed by atoms with Gasteiger partial charge in [0.2, 0.25) is 22.0 Å². The Morgan fingerprint density at radius 1 is 0.529 bits per heavy atom. The third kappa shape index (κ3) is 2.56. The highest BCUT2D eigenvalue weighted by Gasteiger charge is 2.12. The van der Waals surface area contributed by atoms with Crippen LogP contribution in [-0.4, -0.2) is 0 Å². The van der Waals surface area contributed by atoms with Gasteiger partial charge in [-0.25, -0.2) is 9.98 Å². The predicted molar refractivity (Wildman–Crippen MR) is 130 cm³/mol. The summed E-state index contributed by atoms with van der Waals surface area (Å²) in [5.41, 5.74) is 0.549. The quantitative estimate of drug-likeness (QED) is 0.339. The molecule has 0 unspecified atom stereocenters. The summed E-state index contributed by atoms with van der Waals surface area (Å²) in [6.07, 6.45) is 2.74. The van der Waals surface area contributed by atoms with Crippen molar-refractivity contribution in [3.63, 3.8) is 0 Å². The molecule has 7 rings (SSSR count). The molecule has 6 nitrogen and oxygen atoms in total. The smallest absolute Gasteiger partial charge is 0.232 e. The van der Waals surface area contributed by atoms with Crippen molar-refractivity contribution in [3.05, 3.63) is 115 Å². The van der Waals surface area contributed by atoms with Crippen molar-refractivity contribution in [2.75, 3.05) is 0 Å². The van der Waals surface area contributed by atoms with Gasteiger partial charge in [-0.3, -0.25) is 9.59 Å². The number of hydrogen-bond acceptors (Lipinski definition) is 6. The molecule has 0 saturated carbocycles. The molecule has 0 spiro atoms. The normalized spacial score (nSPS) is 16.7. The van der Waals surface area contributed by atoms with E-state index in [2.05, 4.69) is 9.98 Å². The number of hydrogen-bond donors (Lipinski definition) is 0. The summed E-state index contributed by atoms with van der Waals surface area (Å²) < 4.78 is 12.0. The van der Waals surface area contributed by atoms with E-state index in [9.17, 15) is 9.59 Å². The molecule has 1 aliphatic rings. The molecule has 0 N–H and O–H groups in total. The molecule has 0 atom stereocenters. The summed E-state index contributed by atoms with van der Waals surface area (Å²) in [5, 5.41) is 4.78. The highest BCUT2D eigenvalue weighted by Crippen LogP contribution is 2.22. The minimum absolute atomic E-state index is 0.0968. The first kappa shape index (κ1) is 18.7. The molecule has 0 amide bonds. The Hall–Kier alpha value is -4.84. The largest absolute Gasteiger partial charge is 0.437 e. The fourth-order valence-electron chi connectivity index (χ4n) is 4.59. The second-order valence-corrected chi connectivity index (χ2v) is 8.14. The topological polar surface area (TPSA) is 85.1 Å². The average molecular weight is 442 g/mol. The van der Waals surface area contributed by atoms with Crippen LogP contribution in [0.4, 0.5) is 0 Å². The summed E-state index contributed by atoms with van der Waals surface area (Å²) in [6, 6.07) is 22.6. The molecule has 0 fully saturated rings. The maximum atomic E-state index is 13.5. The van der Waals surface area contributed by atoms with Gasteiger partial charge >= 0.3 is 0 Å². The van der Waals surface area contributed by atoms with E-state index in [4.69, 9.17) is 8.83 Å². The van der Waals surface area contributed by atoms with Gasteiger partial charge in [0, 0.05) is 12.4 Å². The molecule has 4 aromatic carbocycles. The number of fused-ring (bicyclic) bond motifs is 8. The van der Waals surface area contributed by atoms with Crippen LogP contribution in [0.3, 0.4) is 0 Å². The van der Waals surface area contributed by atoms with Gasteiger partial charge in [-0.2, -0.15) is 0 Å². The molecule has 160 valence electrons. The van der Waals surface area contributed by atoms with Crippen LogP contribution in [0.25, 0.3) is 55.9 Å². The van der Waals surface area contributed by atoms with Crippen molar-refractivity contribution in [3.8, 4) is 0 Å². The van der Waals surface area contributed by atoms with Crippen LogP contribution >= 0.6 is 0 Å². The van der Waals surface area contributed by atoms with Crippen LogP contribution in [0.5, 0.6) is 0 Å². The van der Waals surface area contributed by atoms with Gasteiger partial charge in [0.05, 0.1) is 10.8 Å². The van der Waals surface area contributed by atoms with Gasteiger partial charge in [0.25, 0.3) is 0 Å². The van der Waals surface area contributed by atoms with Crippen LogP contribution < -0.4 is 32.4 Å². The molecule has 1 aliphatic heterocycles. The number of nitrogens with zero attached hydrogens (tertiary/aromatic N) is 2. The Kier molecular flexibility index (Phi) is 3.76. The molecule has 3 heterocycles. The van der Waals surface area contributed by atoms with E-state index in [1.54, 1.807) is 12.1 Å².